The lowest BCUT2D eigenvalue weighted by molar-refractivity contribution is -0.133. The molecular formula is C19H34N4O2. The maximum Gasteiger partial charge on any atom is 0.320 e. The summed E-state index contributed by atoms with van der Waals surface area (Å²) in [5, 5.41) is 0. The van der Waals surface area contributed by atoms with E-state index in [9.17, 15) is 9.59 Å². The highest BCUT2D eigenvalue weighted by Gasteiger charge is 2.26. The minimum Gasteiger partial charge on any atom is -0.353 e. The number of aryl methyl sites for hydroxylation is 1. The van der Waals surface area contributed by atoms with E-state index in [4.69, 9.17) is 0 Å². The molecule has 0 aliphatic rings. The molecule has 0 saturated heterocycles. The summed E-state index contributed by atoms with van der Waals surface area (Å²) < 4.78 is 2.03. The van der Waals surface area contributed by atoms with E-state index in [1.54, 1.807) is 19.0 Å². The number of nitrogens with zero attached hydrogens (tertiary/aromatic N) is 4. The predicted octanol–water partition coefficient (Wildman–Crippen LogP) is 2.79. The smallest absolute Gasteiger partial charge is 0.320 e. The third kappa shape index (κ3) is 6.11. The molecule has 25 heavy (non-hydrogen) atoms. The van der Waals surface area contributed by atoms with Gasteiger partial charge in [0.05, 0.1) is 6.54 Å². The molecule has 0 saturated carbocycles. The van der Waals surface area contributed by atoms with E-state index in [1.165, 1.54) is 4.90 Å². The van der Waals surface area contributed by atoms with Crippen molar-refractivity contribution in [3.8, 4) is 0 Å². The highest BCUT2D eigenvalue weighted by atomic mass is 16.2. The zero-order valence-electron chi connectivity index (χ0n) is 16.8. The van der Waals surface area contributed by atoms with Crippen LogP contribution in [0.5, 0.6) is 0 Å². The molecule has 0 aliphatic carbocycles. The van der Waals surface area contributed by atoms with Crippen molar-refractivity contribution in [2.24, 2.45) is 13.0 Å². The largest absolute Gasteiger partial charge is 0.353 e. The highest BCUT2D eigenvalue weighted by Crippen LogP contribution is 2.12. The van der Waals surface area contributed by atoms with Gasteiger partial charge >= 0.3 is 6.03 Å². The quantitative estimate of drug-likeness (QED) is 0.724. The first-order valence-corrected chi connectivity index (χ1v) is 9.03. The Balaban J connectivity index is 2.94. The minimum atomic E-state index is -0.119. The Morgan fingerprint density at radius 1 is 1.20 bits per heavy atom. The molecule has 1 unspecified atom stereocenters. The van der Waals surface area contributed by atoms with Gasteiger partial charge < -0.3 is 19.3 Å². The Morgan fingerprint density at radius 2 is 1.84 bits per heavy atom. The summed E-state index contributed by atoms with van der Waals surface area (Å²) in [5.74, 6) is 0.358. The maximum atomic E-state index is 13.0. The van der Waals surface area contributed by atoms with Crippen LogP contribution in [0.3, 0.4) is 0 Å². The Hall–Kier alpha value is -1.98. The molecule has 0 fully saturated rings. The monoisotopic (exact) mass is 350 g/mol. The average molecular weight is 351 g/mol. The number of hydrogen-bond acceptors (Lipinski definition) is 2. The van der Waals surface area contributed by atoms with E-state index in [1.807, 2.05) is 48.7 Å². The van der Waals surface area contributed by atoms with Crippen LogP contribution in [0.15, 0.2) is 18.3 Å². The van der Waals surface area contributed by atoms with Crippen LogP contribution in [0.1, 0.15) is 39.8 Å². The Morgan fingerprint density at radius 3 is 2.28 bits per heavy atom. The third-order valence-electron chi connectivity index (χ3n) is 4.40. The Labute approximate surface area is 152 Å². The van der Waals surface area contributed by atoms with Crippen LogP contribution in [0, 0.1) is 5.92 Å². The van der Waals surface area contributed by atoms with Crippen molar-refractivity contribution in [3.63, 3.8) is 0 Å². The van der Waals surface area contributed by atoms with Crippen LogP contribution in [-0.2, 0) is 18.4 Å². The molecule has 1 heterocycles. The summed E-state index contributed by atoms with van der Waals surface area (Å²) in [5.41, 5.74) is 1.09. The molecule has 142 valence electrons. The lowest BCUT2D eigenvalue weighted by Gasteiger charge is -2.33. The van der Waals surface area contributed by atoms with Crippen molar-refractivity contribution in [3.05, 3.63) is 24.0 Å². The molecule has 6 heteroatoms. The highest BCUT2D eigenvalue weighted by molar-refractivity contribution is 5.84. The zero-order valence-corrected chi connectivity index (χ0v) is 16.8. The van der Waals surface area contributed by atoms with Gasteiger partial charge in [-0.05, 0) is 31.4 Å². The predicted molar refractivity (Wildman–Crippen MR) is 101 cm³/mol. The van der Waals surface area contributed by atoms with Gasteiger partial charge in [0.15, 0.2) is 0 Å². The molecular weight excluding hydrogens is 316 g/mol. The first kappa shape index (κ1) is 21.1. The molecule has 0 radical (unpaired) electrons. The number of rotatable bonds is 8. The van der Waals surface area contributed by atoms with E-state index in [0.29, 0.717) is 19.0 Å². The van der Waals surface area contributed by atoms with Gasteiger partial charge in [-0.1, -0.05) is 20.8 Å². The second-order valence-electron chi connectivity index (χ2n) is 7.34. The topological polar surface area (TPSA) is 48.8 Å². The molecule has 3 amide bonds. The fourth-order valence-corrected chi connectivity index (χ4v) is 2.69. The summed E-state index contributed by atoms with van der Waals surface area (Å²) in [6.07, 6.45) is 2.79. The second-order valence-corrected chi connectivity index (χ2v) is 7.34. The average Bonchev–Trinajstić information content (AvgIpc) is 2.94. The fourth-order valence-electron chi connectivity index (χ4n) is 2.69. The van der Waals surface area contributed by atoms with Crippen molar-refractivity contribution >= 4 is 11.9 Å². The molecule has 1 aromatic rings. The fraction of sp³-hybridized carbons (Fsp3) is 0.684. The van der Waals surface area contributed by atoms with Crippen molar-refractivity contribution in [2.45, 2.75) is 46.7 Å². The molecule has 0 aliphatic heterocycles. The summed E-state index contributed by atoms with van der Waals surface area (Å²) in [6, 6.07) is 3.91. The lowest BCUT2D eigenvalue weighted by Crippen LogP contribution is -2.50. The summed E-state index contributed by atoms with van der Waals surface area (Å²) in [7, 11) is 5.42. The lowest BCUT2D eigenvalue weighted by atomic mass is 10.2. The van der Waals surface area contributed by atoms with E-state index in [0.717, 1.165) is 12.1 Å². The van der Waals surface area contributed by atoms with Crippen LogP contribution in [0.4, 0.5) is 4.79 Å². The number of hydrogen-bond donors (Lipinski definition) is 0. The molecule has 0 N–H and O–H groups in total. The number of urea groups is 1. The van der Waals surface area contributed by atoms with E-state index >= 15 is 0 Å². The zero-order chi connectivity index (χ0) is 19.1. The molecule has 1 aromatic heterocycles. The minimum absolute atomic E-state index is 0.00889. The first-order valence-electron chi connectivity index (χ1n) is 9.03. The first-order chi connectivity index (χ1) is 11.7. The Kier molecular flexibility index (Phi) is 8.00. The SMILES string of the molecule is CCC(C)N(CC(=O)N(Cc1cccn1C)CC(C)C)C(=O)N(C)C. The van der Waals surface area contributed by atoms with Gasteiger partial charge in [0.2, 0.25) is 5.91 Å². The maximum absolute atomic E-state index is 13.0. The molecule has 6 nitrogen and oxygen atoms in total. The number of carbonyl (C=O) groups is 2. The van der Waals surface area contributed by atoms with E-state index < -0.39 is 0 Å². The van der Waals surface area contributed by atoms with E-state index in [-0.39, 0.29) is 24.5 Å². The van der Waals surface area contributed by atoms with Crippen molar-refractivity contribution in [1.82, 2.24) is 19.3 Å². The van der Waals surface area contributed by atoms with Crippen molar-refractivity contribution < 1.29 is 9.59 Å². The van der Waals surface area contributed by atoms with Gasteiger partial charge in [-0.3, -0.25) is 4.79 Å². The third-order valence-corrected chi connectivity index (χ3v) is 4.40. The van der Waals surface area contributed by atoms with Crippen LogP contribution in [-0.4, -0.2) is 64.4 Å². The van der Waals surface area contributed by atoms with Gasteiger partial charge in [-0.15, -0.1) is 0 Å². The van der Waals surface area contributed by atoms with Crippen LogP contribution < -0.4 is 0 Å². The van der Waals surface area contributed by atoms with Gasteiger partial charge in [0.1, 0.15) is 6.54 Å². The summed E-state index contributed by atoms with van der Waals surface area (Å²) in [6.45, 7) is 9.56. The van der Waals surface area contributed by atoms with Gasteiger partial charge in [-0.2, -0.15) is 0 Å². The Bertz CT molecular complexity index is 566. The van der Waals surface area contributed by atoms with Crippen molar-refractivity contribution in [1.29, 1.82) is 0 Å². The molecule has 0 aromatic carbocycles. The van der Waals surface area contributed by atoms with Gasteiger partial charge in [0.25, 0.3) is 0 Å². The standard InChI is InChI=1S/C19H34N4O2/c1-8-16(4)23(19(25)20(5)6)14-18(24)22(12-15(2)3)13-17-10-9-11-21(17)7/h9-11,15-16H,8,12-14H2,1-7H3. The van der Waals surface area contributed by atoms with Crippen LogP contribution >= 0.6 is 0 Å². The molecule has 0 bridgehead atoms. The number of aromatic nitrogens is 1. The molecule has 0 spiro atoms. The van der Waals surface area contributed by atoms with Crippen LogP contribution in [0.2, 0.25) is 0 Å². The van der Waals surface area contributed by atoms with E-state index in [2.05, 4.69) is 13.8 Å². The number of amides is 3. The summed E-state index contributed by atoms with van der Waals surface area (Å²) >= 11 is 0. The summed E-state index contributed by atoms with van der Waals surface area (Å²) in [4.78, 5) is 30.5. The van der Waals surface area contributed by atoms with Gasteiger partial charge in [0, 0.05) is 45.6 Å². The molecule has 1 atom stereocenters. The second kappa shape index (κ2) is 9.49. The van der Waals surface area contributed by atoms with Crippen molar-refractivity contribution in [2.75, 3.05) is 27.2 Å². The van der Waals surface area contributed by atoms with Gasteiger partial charge in [-0.25, -0.2) is 4.79 Å². The normalized spacial score (nSPS) is 12.2. The number of carbonyl (C=O) groups excluding carboxylic acids is 2. The molecule has 1 rings (SSSR count). The van der Waals surface area contributed by atoms with Crippen LogP contribution in [0.25, 0.3) is 0 Å².